The maximum atomic E-state index is 12.6. The number of hydrogen-bond acceptors (Lipinski definition) is 7. The van der Waals surface area contributed by atoms with Gasteiger partial charge in [-0.15, -0.1) is 0 Å². The molecule has 1 heterocycles. The van der Waals surface area contributed by atoms with Crippen LogP contribution in [0, 0.1) is 11.8 Å². The van der Waals surface area contributed by atoms with E-state index in [1.165, 1.54) is 14.2 Å². The molecule has 3 rings (SSSR count). The second-order valence-corrected chi connectivity index (χ2v) is 9.61. The van der Waals surface area contributed by atoms with Gasteiger partial charge < -0.3 is 19.5 Å². The summed E-state index contributed by atoms with van der Waals surface area (Å²) in [5.74, 6) is -2.11. The highest BCUT2D eigenvalue weighted by Crippen LogP contribution is 2.43. The molecule has 1 aliphatic carbocycles. The van der Waals surface area contributed by atoms with Gasteiger partial charge in [0.25, 0.3) is 5.91 Å². The van der Waals surface area contributed by atoms with Gasteiger partial charge in [0.1, 0.15) is 18.0 Å². The fraction of sp³-hybridized carbons (Fsp3) is 0.500. The van der Waals surface area contributed by atoms with Gasteiger partial charge in [-0.3, -0.25) is 24.1 Å². The van der Waals surface area contributed by atoms with Crippen LogP contribution in [0.1, 0.15) is 12.8 Å². The number of fused-ring (bicyclic) bond motifs is 1. The van der Waals surface area contributed by atoms with Crippen molar-refractivity contribution in [2.45, 2.75) is 22.5 Å². The lowest BCUT2D eigenvalue weighted by Crippen LogP contribution is -2.37. The van der Waals surface area contributed by atoms with Crippen LogP contribution in [0.25, 0.3) is 0 Å². The van der Waals surface area contributed by atoms with Crippen molar-refractivity contribution in [3.05, 3.63) is 18.2 Å². The molecule has 0 spiro atoms. The zero-order valence-corrected chi connectivity index (χ0v) is 20.1. The summed E-state index contributed by atoms with van der Waals surface area (Å²) >= 11 is 7.03. The number of carbonyl (C=O) groups is 4. The molecule has 3 amide bonds. The Hall–Kier alpha value is -2.14. The Labute approximate surface area is 196 Å². The van der Waals surface area contributed by atoms with Crippen molar-refractivity contribution in [3.8, 4) is 11.5 Å². The van der Waals surface area contributed by atoms with E-state index < -0.39 is 36.9 Å². The second-order valence-electron chi connectivity index (χ2n) is 7.25. The van der Waals surface area contributed by atoms with Crippen molar-refractivity contribution in [1.82, 2.24) is 4.90 Å². The number of esters is 1. The van der Waals surface area contributed by atoms with Crippen molar-refractivity contribution in [2.75, 3.05) is 32.7 Å². The number of benzene rings is 1. The average molecular weight is 562 g/mol. The van der Waals surface area contributed by atoms with Crippen LogP contribution < -0.4 is 14.8 Å². The van der Waals surface area contributed by atoms with Crippen LogP contribution >= 0.6 is 31.9 Å². The molecular formula is C20H22Br2N2O7. The van der Waals surface area contributed by atoms with Gasteiger partial charge in [0.05, 0.1) is 31.7 Å². The number of likely N-dealkylation sites (tertiary alicyclic amines) is 1. The van der Waals surface area contributed by atoms with Gasteiger partial charge in [0.2, 0.25) is 11.8 Å². The van der Waals surface area contributed by atoms with Gasteiger partial charge in [-0.2, -0.15) is 0 Å². The number of carbonyl (C=O) groups excluding carboxylic acids is 4. The number of amides is 3. The summed E-state index contributed by atoms with van der Waals surface area (Å²) in [5, 5.41) is 2.58. The summed E-state index contributed by atoms with van der Waals surface area (Å²) in [7, 11) is 2.95. The highest BCUT2D eigenvalue weighted by atomic mass is 79.9. The van der Waals surface area contributed by atoms with Crippen LogP contribution in [0.15, 0.2) is 18.2 Å². The van der Waals surface area contributed by atoms with Crippen LogP contribution in [-0.4, -0.2) is 65.6 Å². The zero-order chi connectivity index (χ0) is 22.7. The van der Waals surface area contributed by atoms with Crippen molar-refractivity contribution in [2.24, 2.45) is 11.8 Å². The number of hydrogen-bond donors (Lipinski definition) is 1. The van der Waals surface area contributed by atoms with Crippen molar-refractivity contribution in [3.63, 3.8) is 0 Å². The summed E-state index contributed by atoms with van der Waals surface area (Å²) in [4.78, 5) is 50.6. The number of nitrogens with one attached hydrogen (secondary N) is 1. The van der Waals surface area contributed by atoms with Gasteiger partial charge in [-0.25, -0.2) is 0 Å². The molecule has 9 nitrogen and oxygen atoms in total. The Bertz CT molecular complexity index is 866. The minimum Gasteiger partial charge on any atom is -0.497 e. The average Bonchev–Trinajstić information content (AvgIpc) is 2.97. The first-order chi connectivity index (χ1) is 14.7. The van der Waals surface area contributed by atoms with Crippen LogP contribution in [0.5, 0.6) is 11.5 Å². The lowest BCUT2D eigenvalue weighted by molar-refractivity contribution is -0.154. The zero-order valence-electron chi connectivity index (χ0n) is 16.9. The van der Waals surface area contributed by atoms with E-state index in [4.69, 9.17) is 14.2 Å². The van der Waals surface area contributed by atoms with Gasteiger partial charge >= 0.3 is 5.97 Å². The molecule has 31 heavy (non-hydrogen) atoms. The first-order valence-electron chi connectivity index (χ1n) is 9.56. The fourth-order valence-electron chi connectivity index (χ4n) is 3.73. The number of imide groups is 1. The maximum absolute atomic E-state index is 12.6. The van der Waals surface area contributed by atoms with Gasteiger partial charge in [-0.1, -0.05) is 31.9 Å². The Morgan fingerprint density at radius 1 is 1.06 bits per heavy atom. The van der Waals surface area contributed by atoms with Crippen LogP contribution in [-0.2, 0) is 23.9 Å². The first-order valence-corrected chi connectivity index (χ1v) is 11.4. The van der Waals surface area contributed by atoms with E-state index in [0.29, 0.717) is 30.0 Å². The number of methoxy groups -OCH3 is 2. The molecule has 1 aliphatic heterocycles. The molecule has 0 unspecified atom stereocenters. The Morgan fingerprint density at radius 2 is 1.68 bits per heavy atom. The number of halogens is 2. The summed E-state index contributed by atoms with van der Waals surface area (Å²) in [6.07, 6.45) is 1.03. The van der Waals surface area contributed by atoms with Crippen molar-refractivity contribution >= 4 is 61.2 Å². The smallest absolute Gasteiger partial charge is 0.326 e. The lowest BCUT2D eigenvalue weighted by atomic mass is 9.81. The lowest BCUT2D eigenvalue weighted by Gasteiger charge is -2.29. The third kappa shape index (κ3) is 5.20. The first kappa shape index (κ1) is 23.5. The standard InChI is InChI=1S/C20H22Br2N2O7/c1-29-10-3-4-15(16(5-10)30-2)23-17(25)9-31-18(26)8-24-19(27)11-6-13(21)14(22)7-12(11)20(24)28/h3-5,11-14H,6-9H2,1-2H3,(H,23,25)/t11-,12+,13-,14-/m0/s1. The third-order valence-corrected chi connectivity index (χ3v) is 8.07. The van der Waals surface area contributed by atoms with Gasteiger partial charge in [0, 0.05) is 15.7 Å². The minimum absolute atomic E-state index is 0.0797. The molecule has 0 radical (unpaired) electrons. The van der Waals surface area contributed by atoms with Crippen LogP contribution in [0.4, 0.5) is 5.69 Å². The highest BCUT2D eigenvalue weighted by molar-refractivity contribution is 9.12. The fourth-order valence-corrected chi connectivity index (χ4v) is 4.97. The molecular weight excluding hydrogens is 540 g/mol. The van der Waals surface area contributed by atoms with Crippen LogP contribution in [0.2, 0.25) is 0 Å². The third-order valence-electron chi connectivity index (χ3n) is 5.34. The number of alkyl halides is 2. The van der Waals surface area contributed by atoms with E-state index in [1.54, 1.807) is 18.2 Å². The predicted octanol–water partition coefficient (Wildman–Crippen LogP) is 2.11. The molecule has 1 aromatic rings. The number of rotatable bonds is 7. The van der Waals surface area contributed by atoms with Crippen molar-refractivity contribution in [1.29, 1.82) is 0 Å². The van der Waals surface area contributed by atoms with Crippen LogP contribution in [0.3, 0.4) is 0 Å². The van der Waals surface area contributed by atoms with E-state index in [-0.39, 0.29) is 21.5 Å². The molecule has 168 valence electrons. The summed E-state index contributed by atoms with van der Waals surface area (Å²) in [6, 6.07) is 4.83. The van der Waals surface area contributed by atoms with E-state index in [0.717, 1.165) is 4.90 Å². The highest BCUT2D eigenvalue weighted by Gasteiger charge is 2.52. The largest absolute Gasteiger partial charge is 0.497 e. The van der Waals surface area contributed by atoms with E-state index in [9.17, 15) is 19.2 Å². The van der Waals surface area contributed by atoms with E-state index in [2.05, 4.69) is 37.2 Å². The topological polar surface area (TPSA) is 111 Å². The number of ether oxygens (including phenoxy) is 3. The Morgan fingerprint density at radius 3 is 2.23 bits per heavy atom. The number of anilines is 1. The van der Waals surface area contributed by atoms with E-state index in [1.807, 2.05) is 0 Å². The monoisotopic (exact) mass is 560 g/mol. The predicted molar refractivity (Wildman–Crippen MR) is 117 cm³/mol. The molecule has 11 heteroatoms. The Balaban J connectivity index is 1.53. The minimum atomic E-state index is -0.831. The summed E-state index contributed by atoms with van der Waals surface area (Å²) in [6.45, 7) is -1.08. The quantitative estimate of drug-likeness (QED) is 0.308. The number of nitrogens with zero attached hydrogens (tertiary/aromatic N) is 1. The second kappa shape index (κ2) is 9.99. The van der Waals surface area contributed by atoms with Crippen molar-refractivity contribution < 1.29 is 33.4 Å². The molecule has 1 aromatic carbocycles. The van der Waals surface area contributed by atoms with Gasteiger partial charge in [0.15, 0.2) is 6.61 Å². The van der Waals surface area contributed by atoms with E-state index >= 15 is 0 Å². The molecule has 2 fully saturated rings. The summed E-state index contributed by atoms with van der Waals surface area (Å²) in [5.41, 5.74) is 0.381. The van der Waals surface area contributed by atoms with Gasteiger partial charge in [-0.05, 0) is 25.0 Å². The molecule has 0 aromatic heterocycles. The molecule has 1 N–H and O–H groups in total. The normalized spacial score (nSPS) is 25.1. The molecule has 4 atom stereocenters. The molecule has 0 bridgehead atoms. The summed E-state index contributed by atoms with van der Waals surface area (Å²) < 4.78 is 15.3. The maximum Gasteiger partial charge on any atom is 0.326 e. The SMILES string of the molecule is COc1ccc(NC(=O)COC(=O)CN2C(=O)[C@H]3C[C@H](Br)[C@@H](Br)C[C@H]3C2=O)c(OC)c1. The molecule has 1 saturated heterocycles. The molecule has 2 aliphatic rings. The molecule has 1 saturated carbocycles. The Kier molecular flexibility index (Phi) is 7.58.